The second-order valence-electron chi connectivity index (χ2n) is 7.89. The molecule has 0 aliphatic heterocycles. The molecule has 178 valence electrons. The molecule has 32 heavy (non-hydrogen) atoms. The standard InChI is InChI=1S/C23H29F3O6/c24-23(25,26)15-6-5-7-17(12-15)32-14-16(27)10-11-19-18(20(28)13-21(19)29)8-3-1-2-4-9-22(30)31/h1,3,5-7,10-12,16,18-21,27-29H,2,4,8-9,13-14H2,(H,30,31)/t16-,18-,19?,20+,21-/m0/s1. The van der Waals surface area contributed by atoms with Crippen LogP contribution in [0, 0.1) is 11.8 Å². The topological polar surface area (TPSA) is 107 Å². The number of aliphatic carboxylic acids is 1. The van der Waals surface area contributed by atoms with Crippen molar-refractivity contribution >= 4 is 5.97 Å². The number of alkyl halides is 3. The first-order valence-electron chi connectivity index (χ1n) is 10.5. The Morgan fingerprint density at radius 2 is 1.97 bits per heavy atom. The fourth-order valence-corrected chi connectivity index (χ4v) is 3.70. The number of ether oxygens (including phenoxy) is 1. The first-order valence-corrected chi connectivity index (χ1v) is 10.5. The Morgan fingerprint density at radius 1 is 1.22 bits per heavy atom. The molecular weight excluding hydrogens is 429 g/mol. The highest BCUT2D eigenvalue weighted by atomic mass is 19.4. The fraction of sp³-hybridized carbons (Fsp3) is 0.522. The Morgan fingerprint density at radius 3 is 2.66 bits per heavy atom. The minimum atomic E-state index is -4.49. The molecule has 0 aromatic heterocycles. The van der Waals surface area contributed by atoms with Gasteiger partial charge in [0.25, 0.3) is 0 Å². The summed E-state index contributed by atoms with van der Waals surface area (Å²) < 4.78 is 43.5. The molecule has 0 amide bonds. The average Bonchev–Trinajstić information content (AvgIpc) is 2.99. The number of carboxylic acids is 1. The van der Waals surface area contributed by atoms with Crippen LogP contribution >= 0.6 is 0 Å². The minimum absolute atomic E-state index is 0.0190. The van der Waals surface area contributed by atoms with Crippen molar-refractivity contribution in [3.63, 3.8) is 0 Å². The second kappa shape index (κ2) is 12.0. The van der Waals surface area contributed by atoms with Crippen LogP contribution in [0.1, 0.15) is 37.7 Å². The van der Waals surface area contributed by atoms with Gasteiger partial charge < -0.3 is 25.2 Å². The van der Waals surface area contributed by atoms with Crippen LogP contribution in [0.2, 0.25) is 0 Å². The summed E-state index contributed by atoms with van der Waals surface area (Å²) in [6, 6.07) is 4.36. The van der Waals surface area contributed by atoms with Crippen molar-refractivity contribution in [2.24, 2.45) is 11.8 Å². The summed E-state index contributed by atoms with van der Waals surface area (Å²) >= 11 is 0. The lowest BCUT2D eigenvalue weighted by Crippen LogP contribution is -2.21. The van der Waals surface area contributed by atoms with Crippen molar-refractivity contribution in [1.82, 2.24) is 0 Å². The lowest BCUT2D eigenvalue weighted by atomic mass is 9.89. The van der Waals surface area contributed by atoms with Gasteiger partial charge in [-0.15, -0.1) is 0 Å². The predicted octanol–water partition coefficient (Wildman–Crippen LogP) is 3.56. The van der Waals surface area contributed by atoms with Crippen molar-refractivity contribution in [3.05, 3.63) is 54.1 Å². The van der Waals surface area contributed by atoms with Crippen LogP contribution in [0.5, 0.6) is 5.75 Å². The quantitative estimate of drug-likeness (QED) is 0.298. The van der Waals surface area contributed by atoms with E-state index in [1.807, 2.05) is 12.2 Å². The molecule has 0 bridgehead atoms. The van der Waals surface area contributed by atoms with Crippen molar-refractivity contribution in [1.29, 1.82) is 0 Å². The maximum atomic E-state index is 12.8. The van der Waals surface area contributed by atoms with Gasteiger partial charge in [-0.25, -0.2) is 0 Å². The Bertz CT molecular complexity index is 792. The number of halogens is 3. The van der Waals surface area contributed by atoms with E-state index in [-0.39, 0.29) is 31.1 Å². The number of benzene rings is 1. The molecule has 1 unspecified atom stereocenters. The average molecular weight is 458 g/mol. The molecule has 5 atom stereocenters. The van der Waals surface area contributed by atoms with E-state index in [1.165, 1.54) is 18.2 Å². The molecule has 1 aliphatic rings. The predicted molar refractivity (Wildman–Crippen MR) is 111 cm³/mol. The van der Waals surface area contributed by atoms with Crippen LogP contribution in [-0.2, 0) is 11.0 Å². The zero-order valence-corrected chi connectivity index (χ0v) is 17.5. The number of aliphatic hydroxyl groups excluding tert-OH is 3. The Hall–Kier alpha value is -2.36. The van der Waals surface area contributed by atoms with E-state index in [1.54, 1.807) is 6.08 Å². The van der Waals surface area contributed by atoms with E-state index in [4.69, 9.17) is 9.84 Å². The lowest BCUT2D eigenvalue weighted by Gasteiger charge is -2.19. The lowest BCUT2D eigenvalue weighted by molar-refractivity contribution is -0.138. The Kier molecular flexibility index (Phi) is 9.74. The third kappa shape index (κ3) is 8.29. The number of rotatable bonds is 11. The summed E-state index contributed by atoms with van der Waals surface area (Å²) in [5, 5.41) is 39.2. The van der Waals surface area contributed by atoms with Crippen molar-refractivity contribution in [3.8, 4) is 5.75 Å². The first kappa shape index (κ1) is 25.9. The van der Waals surface area contributed by atoms with E-state index in [9.17, 15) is 33.3 Å². The van der Waals surface area contributed by atoms with Gasteiger partial charge in [-0.1, -0.05) is 30.4 Å². The zero-order valence-electron chi connectivity index (χ0n) is 17.5. The number of hydrogen-bond acceptors (Lipinski definition) is 5. The van der Waals surface area contributed by atoms with Crippen molar-refractivity contribution in [2.75, 3.05) is 6.61 Å². The maximum Gasteiger partial charge on any atom is 0.416 e. The summed E-state index contributed by atoms with van der Waals surface area (Å²) in [6.07, 6.45) is 1.48. The van der Waals surface area contributed by atoms with Gasteiger partial charge in [0.1, 0.15) is 18.5 Å². The van der Waals surface area contributed by atoms with Crippen molar-refractivity contribution in [2.45, 2.75) is 56.6 Å². The van der Waals surface area contributed by atoms with Crippen LogP contribution in [0.4, 0.5) is 13.2 Å². The summed E-state index contributed by atoms with van der Waals surface area (Å²) in [5.41, 5.74) is -0.845. The van der Waals surface area contributed by atoms with Gasteiger partial charge in [0.15, 0.2) is 0 Å². The van der Waals surface area contributed by atoms with E-state index >= 15 is 0 Å². The van der Waals surface area contributed by atoms with Crippen LogP contribution < -0.4 is 4.74 Å². The van der Waals surface area contributed by atoms with Gasteiger partial charge in [0.2, 0.25) is 0 Å². The Balaban J connectivity index is 1.87. The molecule has 1 saturated carbocycles. The fourth-order valence-electron chi connectivity index (χ4n) is 3.70. The third-order valence-corrected chi connectivity index (χ3v) is 5.39. The minimum Gasteiger partial charge on any atom is -0.491 e. The van der Waals surface area contributed by atoms with Gasteiger partial charge in [-0.05, 0) is 43.4 Å². The number of aliphatic hydroxyl groups is 3. The number of carboxylic acid groups (broad SMARTS) is 1. The van der Waals surface area contributed by atoms with Gasteiger partial charge in [0, 0.05) is 18.8 Å². The second-order valence-corrected chi connectivity index (χ2v) is 7.89. The highest BCUT2D eigenvalue weighted by Gasteiger charge is 2.39. The summed E-state index contributed by atoms with van der Waals surface area (Å²) in [6.45, 7) is -0.267. The smallest absolute Gasteiger partial charge is 0.416 e. The molecule has 2 rings (SSSR count). The molecule has 0 heterocycles. The zero-order chi connectivity index (χ0) is 23.7. The summed E-state index contributed by atoms with van der Waals surface area (Å²) in [7, 11) is 0. The number of unbranched alkanes of at least 4 members (excludes halogenated alkanes) is 1. The van der Waals surface area contributed by atoms with Crippen LogP contribution in [0.25, 0.3) is 0 Å². The van der Waals surface area contributed by atoms with Gasteiger partial charge in [-0.2, -0.15) is 13.2 Å². The molecule has 9 heteroatoms. The van der Waals surface area contributed by atoms with Gasteiger partial charge >= 0.3 is 12.1 Å². The SMILES string of the molecule is O=C(O)CCCC=CC[C@H]1C(C=C[C@H](O)COc2cccc(C(F)(F)F)c2)[C@@H](O)C[C@H]1O. The maximum absolute atomic E-state index is 12.8. The van der Waals surface area contributed by atoms with Gasteiger partial charge in [-0.3, -0.25) is 4.79 Å². The van der Waals surface area contributed by atoms with Crippen LogP contribution in [-0.4, -0.2) is 51.3 Å². The highest BCUT2D eigenvalue weighted by molar-refractivity contribution is 5.66. The normalized spacial score (nSPS) is 24.9. The molecule has 1 fully saturated rings. The summed E-state index contributed by atoms with van der Waals surface area (Å²) in [4.78, 5) is 10.5. The molecule has 0 saturated heterocycles. The number of hydrogen-bond donors (Lipinski definition) is 4. The Labute approximate surface area is 184 Å². The highest BCUT2D eigenvalue weighted by Crippen LogP contribution is 2.36. The third-order valence-electron chi connectivity index (χ3n) is 5.39. The van der Waals surface area contributed by atoms with Crippen LogP contribution in [0.3, 0.4) is 0 Å². The molecule has 0 spiro atoms. The van der Waals surface area contributed by atoms with Gasteiger partial charge in [0.05, 0.1) is 17.8 Å². The molecule has 1 aliphatic carbocycles. The van der Waals surface area contributed by atoms with Crippen LogP contribution in [0.15, 0.2) is 48.6 Å². The van der Waals surface area contributed by atoms with E-state index in [0.29, 0.717) is 19.3 Å². The first-order chi connectivity index (χ1) is 15.1. The molecule has 4 N–H and O–H groups in total. The van der Waals surface area contributed by atoms with E-state index < -0.39 is 41.9 Å². The molecule has 6 nitrogen and oxygen atoms in total. The largest absolute Gasteiger partial charge is 0.491 e. The molecule has 1 aromatic carbocycles. The monoisotopic (exact) mass is 458 g/mol. The number of allylic oxidation sites excluding steroid dienone is 2. The van der Waals surface area contributed by atoms with E-state index in [2.05, 4.69) is 0 Å². The molecule has 1 aromatic rings. The number of carbonyl (C=O) groups is 1. The molecule has 0 radical (unpaired) electrons. The van der Waals surface area contributed by atoms with E-state index in [0.717, 1.165) is 12.1 Å². The summed E-state index contributed by atoms with van der Waals surface area (Å²) in [5.74, 6) is -1.55. The van der Waals surface area contributed by atoms with Crippen molar-refractivity contribution < 1.29 is 43.1 Å². The molecular formula is C23H29F3O6.